The number of para-hydroxylation sites is 1. The Bertz CT molecular complexity index is 870. The van der Waals surface area contributed by atoms with E-state index in [1.165, 1.54) is 0 Å². The van der Waals surface area contributed by atoms with Gasteiger partial charge >= 0.3 is 0 Å². The average molecular weight is 290 g/mol. The monoisotopic (exact) mass is 290 g/mol. The fourth-order valence-electron chi connectivity index (χ4n) is 2.99. The van der Waals surface area contributed by atoms with Crippen LogP contribution < -0.4 is 0 Å². The highest BCUT2D eigenvalue weighted by Crippen LogP contribution is 2.24. The number of nitrogens with zero attached hydrogens (tertiary/aromatic N) is 1. The lowest BCUT2D eigenvalue weighted by atomic mass is 10.1. The highest BCUT2D eigenvalue weighted by Gasteiger charge is 2.29. The number of H-pyrrole nitrogens is 1. The smallest absolute Gasteiger partial charge is 0.295 e. The SMILES string of the molecule is O=C(C(=O)N1Cc2ccccc2C1)c1c[nH]c2ccccc12. The molecule has 0 aliphatic carbocycles. The first-order chi connectivity index (χ1) is 10.7. The minimum absolute atomic E-state index is 0.441. The molecule has 0 bridgehead atoms. The van der Waals surface area contributed by atoms with Crippen LogP contribution in [0.2, 0.25) is 0 Å². The van der Waals surface area contributed by atoms with E-state index in [2.05, 4.69) is 4.98 Å². The van der Waals surface area contributed by atoms with Gasteiger partial charge in [0.1, 0.15) is 0 Å². The standard InChI is InChI=1S/C18H14N2O2/c21-17(15-9-19-16-8-4-3-7-14(15)16)18(22)20-10-12-5-1-2-6-13(12)11-20/h1-9,19H,10-11H2. The molecule has 1 N–H and O–H groups in total. The van der Waals surface area contributed by atoms with Crippen molar-refractivity contribution in [3.05, 3.63) is 71.4 Å². The van der Waals surface area contributed by atoms with Crippen LogP contribution in [-0.4, -0.2) is 21.6 Å². The van der Waals surface area contributed by atoms with Crippen LogP contribution >= 0.6 is 0 Å². The third-order valence-corrected chi connectivity index (χ3v) is 4.16. The summed E-state index contributed by atoms with van der Waals surface area (Å²) in [5.41, 5.74) is 3.53. The zero-order chi connectivity index (χ0) is 15.1. The second-order valence-corrected chi connectivity index (χ2v) is 5.51. The van der Waals surface area contributed by atoms with Gasteiger partial charge in [-0.2, -0.15) is 0 Å². The quantitative estimate of drug-likeness (QED) is 0.583. The first-order valence-corrected chi connectivity index (χ1v) is 7.20. The molecule has 108 valence electrons. The predicted octanol–water partition coefficient (Wildman–Crippen LogP) is 2.89. The van der Waals surface area contributed by atoms with Gasteiger partial charge in [0.05, 0.1) is 5.56 Å². The number of fused-ring (bicyclic) bond motifs is 2. The number of hydrogen-bond acceptors (Lipinski definition) is 2. The molecule has 1 aliphatic heterocycles. The predicted molar refractivity (Wildman–Crippen MR) is 83.3 cm³/mol. The minimum atomic E-state index is -0.453. The van der Waals surface area contributed by atoms with Gasteiger partial charge in [-0.3, -0.25) is 9.59 Å². The van der Waals surface area contributed by atoms with Crippen LogP contribution in [0.25, 0.3) is 10.9 Å². The fraction of sp³-hybridized carbons (Fsp3) is 0.111. The van der Waals surface area contributed by atoms with E-state index < -0.39 is 11.7 Å². The molecule has 0 unspecified atom stereocenters. The van der Waals surface area contributed by atoms with Crippen LogP contribution in [0.3, 0.4) is 0 Å². The maximum absolute atomic E-state index is 12.5. The number of aromatic amines is 1. The molecule has 1 aliphatic rings. The van der Waals surface area contributed by atoms with E-state index in [1.807, 2.05) is 48.5 Å². The number of ketones is 1. The number of amides is 1. The van der Waals surface area contributed by atoms with Crippen molar-refractivity contribution in [1.29, 1.82) is 0 Å². The molecule has 0 atom stereocenters. The van der Waals surface area contributed by atoms with Gasteiger partial charge in [-0.05, 0) is 17.2 Å². The molecule has 4 nitrogen and oxygen atoms in total. The van der Waals surface area contributed by atoms with Crippen LogP contribution in [-0.2, 0) is 17.9 Å². The van der Waals surface area contributed by atoms with E-state index in [4.69, 9.17) is 0 Å². The summed E-state index contributed by atoms with van der Waals surface area (Å²) in [6.45, 7) is 1.01. The van der Waals surface area contributed by atoms with Gasteiger partial charge < -0.3 is 9.88 Å². The summed E-state index contributed by atoms with van der Waals surface area (Å²) < 4.78 is 0. The second kappa shape index (κ2) is 4.84. The molecule has 0 radical (unpaired) electrons. The number of rotatable bonds is 2. The molecule has 0 spiro atoms. The molecule has 4 rings (SSSR count). The zero-order valence-electron chi connectivity index (χ0n) is 11.9. The van der Waals surface area contributed by atoms with Gasteiger partial charge in [-0.1, -0.05) is 42.5 Å². The summed E-state index contributed by atoms with van der Waals surface area (Å²) in [6, 6.07) is 15.4. The number of hydrogen-bond donors (Lipinski definition) is 1. The molecule has 0 saturated carbocycles. The van der Waals surface area contributed by atoms with Gasteiger partial charge in [0.2, 0.25) is 0 Å². The Morgan fingerprint density at radius 1 is 0.909 bits per heavy atom. The second-order valence-electron chi connectivity index (χ2n) is 5.51. The first-order valence-electron chi connectivity index (χ1n) is 7.20. The summed E-state index contributed by atoms with van der Waals surface area (Å²) >= 11 is 0. The van der Waals surface area contributed by atoms with Crippen molar-refractivity contribution < 1.29 is 9.59 Å². The van der Waals surface area contributed by atoms with Gasteiger partial charge in [0.25, 0.3) is 11.7 Å². The molecule has 2 heterocycles. The molecular formula is C18H14N2O2. The molecule has 22 heavy (non-hydrogen) atoms. The highest BCUT2D eigenvalue weighted by atomic mass is 16.2. The molecule has 1 amide bonds. The van der Waals surface area contributed by atoms with Crippen molar-refractivity contribution >= 4 is 22.6 Å². The largest absolute Gasteiger partial charge is 0.360 e. The number of benzene rings is 2. The number of carbonyl (C=O) groups excluding carboxylic acids is 2. The summed E-state index contributed by atoms with van der Waals surface area (Å²) in [7, 11) is 0. The maximum atomic E-state index is 12.5. The van der Waals surface area contributed by atoms with Gasteiger partial charge in [0, 0.05) is 30.2 Å². The molecule has 2 aromatic carbocycles. The molecule has 4 heteroatoms. The van der Waals surface area contributed by atoms with E-state index >= 15 is 0 Å². The van der Waals surface area contributed by atoms with E-state index in [1.54, 1.807) is 11.1 Å². The number of carbonyl (C=O) groups is 2. The van der Waals surface area contributed by atoms with Gasteiger partial charge in [0.15, 0.2) is 0 Å². The van der Waals surface area contributed by atoms with E-state index in [0.29, 0.717) is 18.7 Å². The Kier molecular flexibility index (Phi) is 2.82. The van der Waals surface area contributed by atoms with Crippen LogP contribution in [0.15, 0.2) is 54.7 Å². The third kappa shape index (κ3) is 1.92. The summed E-state index contributed by atoms with van der Waals surface area (Å²) in [5, 5.41) is 0.789. The summed E-state index contributed by atoms with van der Waals surface area (Å²) in [6.07, 6.45) is 1.62. The lowest BCUT2D eigenvalue weighted by Crippen LogP contribution is -2.32. The van der Waals surface area contributed by atoms with Gasteiger partial charge in [-0.25, -0.2) is 0 Å². The van der Waals surface area contributed by atoms with Crippen molar-refractivity contribution in [3.63, 3.8) is 0 Å². The van der Waals surface area contributed by atoms with Crippen LogP contribution in [0.1, 0.15) is 21.5 Å². The molecule has 3 aromatic rings. The first kappa shape index (κ1) is 12.8. The Hall–Kier alpha value is -2.88. The van der Waals surface area contributed by atoms with Crippen LogP contribution in [0, 0.1) is 0 Å². The van der Waals surface area contributed by atoms with Crippen LogP contribution in [0.4, 0.5) is 0 Å². The Labute approximate surface area is 127 Å². The highest BCUT2D eigenvalue weighted by molar-refractivity contribution is 6.44. The van der Waals surface area contributed by atoms with Crippen molar-refractivity contribution in [2.24, 2.45) is 0 Å². The topological polar surface area (TPSA) is 53.2 Å². The number of nitrogens with one attached hydrogen (secondary N) is 1. The average Bonchev–Trinajstić information content (AvgIpc) is 3.17. The Morgan fingerprint density at radius 2 is 1.55 bits per heavy atom. The van der Waals surface area contributed by atoms with E-state index in [-0.39, 0.29) is 0 Å². The summed E-state index contributed by atoms with van der Waals surface area (Å²) in [5.74, 6) is -0.897. The molecular weight excluding hydrogens is 276 g/mol. The number of Topliss-reactive ketones (excluding diaryl/α,β-unsaturated/α-hetero) is 1. The normalized spacial score (nSPS) is 13.4. The lowest BCUT2D eigenvalue weighted by Gasteiger charge is -2.13. The van der Waals surface area contributed by atoms with Crippen molar-refractivity contribution in [1.82, 2.24) is 9.88 Å². The van der Waals surface area contributed by atoms with Crippen molar-refractivity contribution in [2.75, 3.05) is 0 Å². The van der Waals surface area contributed by atoms with Gasteiger partial charge in [-0.15, -0.1) is 0 Å². The van der Waals surface area contributed by atoms with Crippen molar-refractivity contribution in [2.45, 2.75) is 13.1 Å². The minimum Gasteiger partial charge on any atom is -0.360 e. The van der Waals surface area contributed by atoms with Crippen molar-refractivity contribution in [3.8, 4) is 0 Å². The molecule has 0 saturated heterocycles. The zero-order valence-corrected chi connectivity index (χ0v) is 11.9. The maximum Gasteiger partial charge on any atom is 0.295 e. The number of aromatic nitrogens is 1. The summed E-state index contributed by atoms with van der Waals surface area (Å²) in [4.78, 5) is 29.7. The van der Waals surface area contributed by atoms with E-state index in [0.717, 1.165) is 22.0 Å². The van der Waals surface area contributed by atoms with Crippen LogP contribution in [0.5, 0.6) is 0 Å². The molecule has 1 aromatic heterocycles. The Morgan fingerprint density at radius 3 is 2.27 bits per heavy atom. The Balaban J connectivity index is 1.63. The molecule has 0 fully saturated rings. The van der Waals surface area contributed by atoms with E-state index in [9.17, 15) is 9.59 Å². The fourth-order valence-corrected chi connectivity index (χ4v) is 2.99. The third-order valence-electron chi connectivity index (χ3n) is 4.16. The lowest BCUT2D eigenvalue weighted by molar-refractivity contribution is -0.127.